The summed E-state index contributed by atoms with van der Waals surface area (Å²) in [5.74, 6) is -2.17. The number of β-lactam (4-membered cyclic amide) rings is 1. The number of hydrogen-bond donors (Lipinski definition) is 6. The van der Waals surface area contributed by atoms with Gasteiger partial charge < -0.3 is 36.8 Å². The third kappa shape index (κ3) is 7.21. The number of rotatable bonds is 12. The largest absolute Gasteiger partial charge is 0.485 e. The van der Waals surface area contributed by atoms with Crippen LogP contribution in [0.25, 0.3) is 0 Å². The first-order valence-corrected chi connectivity index (χ1v) is 17.1. The van der Waals surface area contributed by atoms with Gasteiger partial charge in [-0.25, -0.2) is 9.78 Å². The average Bonchev–Trinajstić information content (AvgIpc) is 3.72. The Morgan fingerprint density at radius 1 is 1.33 bits per heavy atom. The number of benzene rings is 1. The maximum atomic E-state index is 13.4. The third-order valence-electron chi connectivity index (χ3n) is 8.45. The topological polar surface area (TPSA) is 270 Å². The Balaban J connectivity index is 1.34. The summed E-state index contributed by atoms with van der Waals surface area (Å²) < 4.78 is 41.7. The van der Waals surface area contributed by atoms with Crippen molar-refractivity contribution in [1.82, 2.24) is 20.7 Å². The zero-order valence-corrected chi connectivity index (χ0v) is 27.8. The van der Waals surface area contributed by atoms with Crippen molar-refractivity contribution >= 4 is 56.2 Å². The molecule has 1 aromatic heterocycles. The predicted molar refractivity (Wildman–Crippen MR) is 171 cm³/mol. The van der Waals surface area contributed by atoms with Gasteiger partial charge in [0, 0.05) is 17.5 Å². The fraction of sp³-hybridized carbons (Fsp3) is 0.500. The molecule has 3 aliphatic rings. The highest BCUT2D eigenvalue weighted by Gasteiger charge is 2.58. The van der Waals surface area contributed by atoms with Crippen LogP contribution in [0.5, 0.6) is 5.75 Å². The zero-order chi connectivity index (χ0) is 35.0. The molecule has 48 heavy (non-hydrogen) atoms. The van der Waals surface area contributed by atoms with Gasteiger partial charge in [-0.2, -0.15) is 13.5 Å². The van der Waals surface area contributed by atoms with Gasteiger partial charge in [0.05, 0.1) is 5.54 Å². The molecule has 4 atom stereocenters. The molecule has 260 valence electrons. The number of nitrogens with two attached hydrogens (primary N) is 2. The molecule has 0 aliphatic carbocycles. The maximum absolute atomic E-state index is 13.4. The second-order valence-corrected chi connectivity index (χ2v) is 14.2. The van der Waals surface area contributed by atoms with E-state index in [4.69, 9.17) is 25.6 Å². The number of nitrogens with one attached hydrogen (secondary N) is 2. The number of oxime groups is 1. The van der Waals surface area contributed by atoms with Gasteiger partial charge in [0.15, 0.2) is 16.9 Å². The van der Waals surface area contributed by atoms with Crippen LogP contribution in [0.2, 0.25) is 0 Å². The highest BCUT2D eigenvalue weighted by Crippen LogP contribution is 2.35. The second kappa shape index (κ2) is 13.3. The lowest BCUT2D eigenvalue weighted by molar-refractivity contribution is -0.218. The first-order valence-electron chi connectivity index (χ1n) is 14.8. The Bertz CT molecular complexity index is 1770. The van der Waals surface area contributed by atoms with Crippen molar-refractivity contribution in [1.29, 1.82) is 0 Å². The van der Waals surface area contributed by atoms with E-state index in [1.807, 2.05) is 6.07 Å². The number of aliphatic carboxylic acids is 1. The molecule has 18 nitrogen and oxygen atoms in total. The quantitative estimate of drug-likeness (QED) is 0.0550. The normalized spacial score (nSPS) is 23.8. The first-order chi connectivity index (χ1) is 22.5. The standard InChI is InChI=1S/C28H36N8O10S2/c1-27(2)21(24(38)36(27)46-48(41,42)43)34-23(37)20(17-13-47-26(30)33-17)35-45-28(3,25(39)40)19-7-5-15-10-16(4-6-18(15)44-19)22(29)32-12-14-8-9-31-11-14/h4,6,10,13-14,19,21,31H,5,7-9,11-12H2,1-3H3,(H2,29,32)(H2,30,33)(H,34,37)(H,39,40)(H,41,42,43)/b35-20-/t14-,19-,21-,28+/m1/s1. The highest BCUT2D eigenvalue weighted by molar-refractivity contribution is 7.80. The summed E-state index contributed by atoms with van der Waals surface area (Å²) in [5.41, 5.74) is 9.40. The van der Waals surface area contributed by atoms with E-state index < -0.39 is 57.2 Å². The zero-order valence-electron chi connectivity index (χ0n) is 26.2. The van der Waals surface area contributed by atoms with Gasteiger partial charge in [0.1, 0.15) is 23.3 Å². The summed E-state index contributed by atoms with van der Waals surface area (Å²) in [6, 6.07) is 3.95. The molecule has 2 saturated heterocycles. The van der Waals surface area contributed by atoms with E-state index in [1.165, 1.54) is 26.2 Å². The molecule has 3 aliphatic heterocycles. The summed E-state index contributed by atoms with van der Waals surface area (Å²) >= 11 is 0.968. The number of carbonyl (C=O) groups is 3. The minimum absolute atomic E-state index is 0.0621. The number of aromatic nitrogens is 1. The van der Waals surface area contributed by atoms with Crippen molar-refractivity contribution in [3.63, 3.8) is 0 Å². The summed E-state index contributed by atoms with van der Waals surface area (Å²) in [5, 5.41) is 21.7. The van der Waals surface area contributed by atoms with Crippen molar-refractivity contribution in [2.75, 3.05) is 25.4 Å². The maximum Gasteiger partial charge on any atom is 0.418 e. The summed E-state index contributed by atoms with van der Waals surface area (Å²) in [7, 11) is -5.02. The molecule has 8 N–H and O–H groups in total. The second-order valence-electron chi connectivity index (χ2n) is 12.3. The number of nitrogen functional groups attached to an aromatic ring is 1. The number of amides is 2. The van der Waals surface area contributed by atoms with Gasteiger partial charge in [-0.1, -0.05) is 5.16 Å². The van der Waals surface area contributed by atoms with Gasteiger partial charge in [-0.15, -0.1) is 15.6 Å². The van der Waals surface area contributed by atoms with E-state index in [2.05, 4.69) is 30.0 Å². The van der Waals surface area contributed by atoms with Gasteiger partial charge in [0.2, 0.25) is 0 Å². The Hall–Kier alpha value is -4.37. The van der Waals surface area contributed by atoms with Crippen LogP contribution in [0.4, 0.5) is 5.13 Å². The number of carboxylic acids is 1. The van der Waals surface area contributed by atoms with E-state index in [0.717, 1.165) is 42.0 Å². The Labute approximate surface area is 279 Å². The minimum Gasteiger partial charge on any atom is -0.485 e. The summed E-state index contributed by atoms with van der Waals surface area (Å²) in [6.45, 7) is 6.48. The average molecular weight is 709 g/mol. The lowest BCUT2D eigenvalue weighted by Gasteiger charge is -2.50. The number of carboxylic acid groups (broad SMARTS) is 1. The minimum atomic E-state index is -5.02. The van der Waals surface area contributed by atoms with Crippen LogP contribution in [0.3, 0.4) is 0 Å². The molecule has 2 aromatic rings. The molecular formula is C28H36N8O10S2. The van der Waals surface area contributed by atoms with E-state index in [9.17, 15) is 27.9 Å². The van der Waals surface area contributed by atoms with Crippen molar-refractivity contribution in [3.8, 4) is 5.75 Å². The first kappa shape index (κ1) is 35.0. The SMILES string of the molecule is CC1(C)[C@H](NC(=O)/C(=N\O[C@](C)(C(=O)O)[C@H]2CCc3cc(C(N)=NC[C@@H]4CCNC4)ccc3O2)c2csc(N)n2)C(=O)N1OS(=O)(=O)O. The molecule has 0 radical (unpaired) electrons. The van der Waals surface area contributed by atoms with Crippen LogP contribution < -0.4 is 26.8 Å². The fourth-order valence-electron chi connectivity index (χ4n) is 5.52. The van der Waals surface area contributed by atoms with Crippen LogP contribution in [0.15, 0.2) is 33.7 Å². The number of nitrogens with zero attached hydrogens (tertiary/aromatic N) is 4. The molecule has 4 heterocycles. The van der Waals surface area contributed by atoms with E-state index in [1.54, 1.807) is 12.1 Å². The van der Waals surface area contributed by atoms with Crippen molar-refractivity contribution in [2.24, 2.45) is 21.8 Å². The van der Waals surface area contributed by atoms with Crippen molar-refractivity contribution in [2.45, 2.75) is 63.3 Å². The van der Waals surface area contributed by atoms with Gasteiger partial charge >= 0.3 is 16.4 Å². The molecule has 2 amide bonds. The lowest BCUT2D eigenvalue weighted by Crippen LogP contribution is -2.76. The Morgan fingerprint density at radius 2 is 2.08 bits per heavy atom. The number of fused-ring (bicyclic) bond motifs is 1. The van der Waals surface area contributed by atoms with Crippen LogP contribution >= 0.6 is 11.3 Å². The molecule has 20 heteroatoms. The number of amidine groups is 1. The molecule has 0 saturated carbocycles. The fourth-order valence-corrected chi connectivity index (χ4v) is 6.52. The van der Waals surface area contributed by atoms with Crippen molar-refractivity contribution < 1.29 is 46.3 Å². The number of anilines is 1. The highest BCUT2D eigenvalue weighted by atomic mass is 32.3. The lowest BCUT2D eigenvalue weighted by atomic mass is 9.84. The molecule has 1 aromatic carbocycles. The van der Waals surface area contributed by atoms with E-state index in [-0.39, 0.29) is 17.2 Å². The Kier molecular flexibility index (Phi) is 9.66. The number of ether oxygens (including phenoxy) is 1. The van der Waals surface area contributed by atoms with Crippen LogP contribution in [0.1, 0.15) is 50.4 Å². The molecule has 0 bridgehead atoms. The van der Waals surface area contributed by atoms with Crippen LogP contribution in [-0.2, 0) is 40.3 Å². The molecule has 2 fully saturated rings. The number of hydrogen-bond acceptors (Lipinski definition) is 14. The van der Waals surface area contributed by atoms with Gasteiger partial charge in [-0.05, 0) is 82.8 Å². The van der Waals surface area contributed by atoms with Gasteiger partial charge in [-0.3, -0.25) is 19.1 Å². The number of hydroxylamine groups is 2. The van der Waals surface area contributed by atoms with Crippen molar-refractivity contribution in [3.05, 3.63) is 40.4 Å². The van der Waals surface area contributed by atoms with Gasteiger partial charge in [0.25, 0.3) is 17.4 Å². The molecule has 5 rings (SSSR count). The molecule has 0 unspecified atom stereocenters. The summed E-state index contributed by atoms with van der Waals surface area (Å²) in [6.07, 6.45) is 0.613. The smallest absolute Gasteiger partial charge is 0.418 e. The van der Waals surface area contributed by atoms with Crippen LogP contribution in [0, 0.1) is 5.92 Å². The molecule has 0 spiro atoms. The third-order valence-corrected chi connectivity index (χ3v) is 9.46. The number of aryl methyl sites for hydroxylation is 1. The number of carbonyl (C=O) groups excluding carboxylic acids is 2. The van der Waals surface area contributed by atoms with E-state index >= 15 is 0 Å². The van der Waals surface area contributed by atoms with Crippen LogP contribution in [-0.4, -0.2) is 100 Å². The molecular weight excluding hydrogens is 672 g/mol. The number of thiazole rings is 1. The van der Waals surface area contributed by atoms with E-state index in [0.29, 0.717) is 35.5 Å². The number of aliphatic imine (C=N–C) groups is 1. The summed E-state index contributed by atoms with van der Waals surface area (Å²) in [4.78, 5) is 52.8. The monoisotopic (exact) mass is 708 g/mol. The Morgan fingerprint density at radius 3 is 2.69 bits per heavy atom. The predicted octanol–water partition coefficient (Wildman–Crippen LogP) is -0.162.